The van der Waals surface area contributed by atoms with Gasteiger partial charge in [0.25, 0.3) is 0 Å². The Balaban J connectivity index is 2.01. The van der Waals surface area contributed by atoms with Crippen molar-refractivity contribution in [2.24, 2.45) is 0 Å². The molecule has 13 heteroatoms. The van der Waals surface area contributed by atoms with E-state index in [-0.39, 0.29) is 5.95 Å². The molecule has 11 nitrogen and oxygen atoms in total. The Bertz CT molecular complexity index is 756. The zero-order valence-corrected chi connectivity index (χ0v) is 13.3. The number of anilines is 1. The highest BCUT2D eigenvalue weighted by Gasteiger charge is 2.43. The van der Waals surface area contributed by atoms with Gasteiger partial charge in [0.05, 0.1) is 11.0 Å². The lowest BCUT2D eigenvalue weighted by molar-refractivity contribution is 0.338. The molecular weight excluding hydrogens is 348 g/mol. The van der Waals surface area contributed by atoms with Crippen molar-refractivity contribution >= 4 is 38.1 Å². The minimum atomic E-state index is -5.03. The normalized spacial score (nSPS) is 12.6. The SMILES string of the molecule is N=C(NCC(P(=O)(O)O)P(=O)(O)O)Nc1nc2ccccc2[nH]1. The molecule has 126 valence electrons. The second-order valence-corrected chi connectivity index (χ2v) is 8.65. The molecule has 0 fully saturated rings. The van der Waals surface area contributed by atoms with Gasteiger partial charge in [-0.1, -0.05) is 12.1 Å². The summed E-state index contributed by atoms with van der Waals surface area (Å²) in [6, 6.07) is 7.08. The molecular formula is C10H15N5O6P2. The highest BCUT2D eigenvalue weighted by atomic mass is 31.2. The van der Waals surface area contributed by atoms with Crippen LogP contribution in [0.25, 0.3) is 11.0 Å². The monoisotopic (exact) mass is 363 g/mol. The number of rotatable bonds is 5. The summed E-state index contributed by atoms with van der Waals surface area (Å²) >= 11 is 0. The summed E-state index contributed by atoms with van der Waals surface area (Å²) in [5.41, 5.74) is 1.36. The minimum Gasteiger partial charge on any atom is -0.355 e. The third kappa shape index (κ3) is 4.61. The number of hydrogen-bond acceptors (Lipinski definition) is 4. The van der Waals surface area contributed by atoms with Crippen molar-refractivity contribution in [1.29, 1.82) is 5.41 Å². The van der Waals surface area contributed by atoms with Crippen LogP contribution in [-0.2, 0) is 9.13 Å². The molecule has 0 atom stereocenters. The van der Waals surface area contributed by atoms with Crippen LogP contribution in [0, 0.1) is 5.41 Å². The molecule has 0 radical (unpaired) electrons. The summed E-state index contributed by atoms with van der Waals surface area (Å²) in [7, 11) is -10.1. The van der Waals surface area contributed by atoms with Gasteiger partial charge in [-0.2, -0.15) is 0 Å². The lowest BCUT2D eigenvalue weighted by atomic mass is 10.3. The Hall–Kier alpha value is -1.74. The summed E-state index contributed by atoms with van der Waals surface area (Å²) < 4.78 is 22.2. The van der Waals surface area contributed by atoms with Gasteiger partial charge >= 0.3 is 15.2 Å². The predicted molar refractivity (Wildman–Crippen MR) is 83.3 cm³/mol. The van der Waals surface area contributed by atoms with Gasteiger partial charge in [-0.25, -0.2) is 4.98 Å². The quantitative estimate of drug-likeness (QED) is 0.208. The fraction of sp³-hybridized carbons (Fsp3) is 0.200. The average molecular weight is 363 g/mol. The molecule has 2 rings (SSSR count). The first-order valence-electron chi connectivity index (χ1n) is 6.22. The molecule has 1 aromatic carbocycles. The van der Waals surface area contributed by atoms with Gasteiger partial charge in [-0.3, -0.25) is 19.9 Å². The van der Waals surface area contributed by atoms with Crippen LogP contribution < -0.4 is 10.6 Å². The smallest absolute Gasteiger partial charge is 0.342 e. The van der Waals surface area contributed by atoms with Crippen LogP contribution in [0.15, 0.2) is 24.3 Å². The highest BCUT2D eigenvalue weighted by molar-refractivity contribution is 7.70. The Morgan fingerprint density at radius 1 is 1.22 bits per heavy atom. The zero-order chi connectivity index (χ0) is 17.3. The molecule has 0 spiro atoms. The molecule has 2 aromatic rings. The molecule has 0 saturated carbocycles. The first-order valence-corrected chi connectivity index (χ1v) is 9.58. The van der Waals surface area contributed by atoms with Crippen LogP contribution in [0.1, 0.15) is 0 Å². The first kappa shape index (κ1) is 17.6. The summed E-state index contributed by atoms with van der Waals surface area (Å²) in [5, 5.41) is 10.1. The maximum absolute atomic E-state index is 11.1. The van der Waals surface area contributed by atoms with Crippen LogP contribution in [0.5, 0.6) is 0 Å². The Morgan fingerprint density at radius 2 is 1.83 bits per heavy atom. The number of guanidine groups is 1. The topological polar surface area (TPSA) is 192 Å². The van der Waals surface area contributed by atoms with Crippen LogP contribution in [-0.4, -0.2) is 47.4 Å². The Morgan fingerprint density at radius 3 is 2.39 bits per heavy atom. The van der Waals surface area contributed by atoms with Crippen LogP contribution >= 0.6 is 15.2 Å². The van der Waals surface area contributed by atoms with E-state index in [4.69, 9.17) is 25.0 Å². The van der Waals surface area contributed by atoms with E-state index < -0.39 is 33.1 Å². The third-order valence-corrected chi connectivity index (χ3v) is 6.59. The standard InChI is InChI=1S/C10H15N5O6P2/c11-9(12-5-8(22(16,17)18)23(19,20)21)15-10-13-6-3-1-2-4-7(6)14-10/h1-4,8H,5H2,(H2,16,17,18)(H2,19,20,21)(H4,11,12,13,14,15). The maximum Gasteiger partial charge on any atom is 0.342 e. The average Bonchev–Trinajstić information content (AvgIpc) is 2.77. The van der Waals surface area contributed by atoms with Gasteiger partial charge in [-0.15, -0.1) is 0 Å². The van der Waals surface area contributed by atoms with E-state index in [1.807, 2.05) is 0 Å². The molecule has 23 heavy (non-hydrogen) atoms. The van der Waals surface area contributed by atoms with Crippen molar-refractivity contribution in [1.82, 2.24) is 15.3 Å². The van der Waals surface area contributed by atoms with Gasteiger partial charge in [0, 0.05) is 6.54 Å². The fourth-order valence-corrected chi connectivity index (χ4v) is 4.03. The second kappa shape index (κ2) is 6.40. The van der Waals surface area contributed by atoms with Gasteiger partial charge in [0.1, 0.15) is 0 Å². The molecule has 1 aromatic heterocycles. The number of aromatic nitrogens is 2. The van der Waals surface area contributed by atoms with Crippen molar-refractivity contribution < 1.29 is 28.7 Å². The van der Waals surface area contributed by atoms with E-state index in [1.54, 1.807) is 24.3 Å². The van der Waals surface area contributed by atoms with E-state index in [0.717, 1.165) is 0 Å². The molecule has 8 N–H and O–H groups in total. The molecule has 0 amide bonds. The van der Waals surface area contributed by atoms with Crippen LogP contribution in [0.2, 0.25) is 0 Å². The third-order valence-electron chi connectivity index (χ3n) is 2.87. The van der Waals surface area contributed by atoms with E-state index in [0.29, 0.717) is 11.0 Å². The molecule has 0 saturated heterocycles. The number of hydrogen-bond donors (Lipinski definition) is 8. The molecule has 0 aliphatic rings. The predicted octanol–water partition coefficient (Wildman–Crippen LogP) is 0.181. The van der Waals surface area contributed by atoms with Gasteiger partial charge in [0.15, 0.2) is 11.4 Å². The number of fused-ring (bicyclic) bond motifs is 1. The summed E-state index contributed by atoms with van der Waals surface area (Å²) in [6.45, 7) is -0.777. The molecule has 0 aliphatic heterocycles. The molecule has 0 bridgehead atoms. The van der Waals surface area contributed by atoms with Crippen molar-refractivity contribution in [3.8, 4) is 0 Å². The number of benzene rings is 1. The lowest BCUT2D eigenvalue weighted by Gasteiger charge is -2.20. The number of H-pyrrole nitrogens is 1. The van der Waals surface area contributed by atoms with Crippen LogP contribution in [0.4, 0.5) is 5.95 Å². The number of aromatic amines is 1. The zero-order valence-electron chi connectivity index (χ0n) is 11.5. The van der Waals surface area contributed by atoms with Crippen molar-refractivity contribution in [2.75, 3.05) is 11.9 Å². The Labute approximate surface area is 130 Å². The van der Waals surface area contributed by atoms with Gasteiger partial charge in [0.2, 0.25) is 5.95 Å². The number of nitrogens with one attached hydrogen (secondary N) is 4. The minimum absolute atomic E-state index is 0.201. The summed E-state index contributed by atoms with van der Waals surface area (Å²) in [5.74, 6) is -0.219. The number of imidazole rings is 1. The van der Waals surface area contributed by atoms with Gasteiger partial charge < -0.3 is 29.9 Å². The van der Waals surface area contributed by atoms with Crippen molar-refractivity contribution in [3.05, 3.63) is 24.3 Å². The van der Waals surface area contributed by atoms with E-state index in [1.165, 1.54) is 0 Å². The molecule has 1 heterocycles. The van der Waals surface area contributed by atoms with E-state index >= 15 is 0 Å². The van der Waals surface area contributed by atoms with Crippen molar-refractivity contribution in [2.45, 2.75) is 5.40 Å². The molecule has 0 aliphatic carbocycles. The number of para-hydroxylation sites is 2. The lowest BCUT2D eigenvalue weighted by Crippen LogP contribution is -2.36. The largest absolute Gasteiger partial charge is 0.355 e. The Kier molecular flexibility index (Phi) is 4.90. The van der Waals surface area contributed by atoms with E-state index in [9.17, 15) is 9.13 Å². The van der Waals surface area contributed by atoms with E-state index in [2.05, 4.69) is 20.6 Å². The first-order chi connectivity index (χ1) is 10.6. The highest BCUT2D eigenvalue weighted by Crippen LogP contribution is 2.59. The second-order valence-electron chi connectivity index (χ2n) is 4.64. The molecule has 0 unspecified atom stereocenters. The number of nitrogens with zero attached hydrogens (tertiary/aromatic N) is 1. The van der Waals surface area contributed by atoms with Gasteiger partial charge in [-0.05, 0) is 12.1 Å². The summed E-state index contributed by atoms with van der Waals surface area (Å²) in [6.07, 6.45) is 0. The summed E-state index contributed by atoms with van der Waals surface area (Å²) in [4.78, 5) is 42.9. The van der Waals surface area contributed by atoms with Crippen LogP contribution in [0.3, 0.4) is 0 Å². The van der Waals surface area contributed by atoms with Crippen molar-refractivity contribution in [3.63, 3.8) is 0 Å². The fourth-order valence-electron chi connectivity index (χ4n) is 1.80. The maximum atomic E-state index is 11.1.